The summed E-state index contributed by atoms with van der Waals surface area (Å²) in [6.45, 7) is -0.00854. The molecule has 0 unspecified atom stereocenters. The van der Waals surface area contributed by atoms with Crippen molar-refractivity contribution in [3.05, 3.63) is 34.9 Å². The zero-order chi connectivity index (χ0) is 21.9. The third kappa shape index (κ3) is 3.30. The molecule has 0 spiro atoms. The quantitative estimate of drug-likeness (QED) is 0.476. The van der Waals surface area contributed by atoms with Crippen LogP contribution in [0.15, 0.2) is 18.2 Å². The van der Waals surface area contributed by atoms with E-state index in [4.69, 9.17) is 0 Å². The topological polar surface area (TPSA) is 0 Å². The van der Waals surface area contributed by atoms with Gasteiger partial charge in [-0.15, -0.1) is 0 Å². The zero-order valence-electron chi connectivity index (χ0n) is 12.5. The van der Waals surface area contributed by atoms with Crippen LogP contribution in [0, 0.1) is 6.92 Å². The fourth-order valence-corrected chi connectivity index (χ4v) is 2.01. The zero-order valence-corrected chi connectivity index (χ0v) is 12.5. The van der Waals surface area contributed by atoms with Crippen LogP contribution in [0.4, 0.5) is 61.5 Å². The lowest BCUT2D eigenvalue weighted by atomic mass is 9.89. The molecule has 0 atom stereocenters. The molecule has 0 nitrogen and oxygen atoms in total. The molecule has 0 amide bonds. The summed E-state index contributed by atoms with van der Waals surface area (Å²) in [7, 11) is 0. The molecule has 1 rings (SSSR count). The molecule has 14 heteroatoms. The number of hydrogen-bond acceptors (Lipinski definition) is 0. The fraction of sp³-hybridized carbons (Fsp3) is 0.538. The van der Waals surface area contributed by atoms with Gasteiger partial charge < -0.3 is 0 Å². The number of halogens is 14. The molecule has 0 fully saturated rings. The van der Waals surface area contributed by atoms with E-state index in [2.05, 4.69) is 0 Å². The van der Waals surface area contributed by atoms with Gasteiger partial charge in [0.05, 0.1) is 0 Å². The Kier molecular flexibility index (Phi) is 5.28. The van der Waals surface area contributed by atoms with Gasteiger partial charge in [0, 0.05) is 11.1 Å². The van der Waals surface area contributed by atoms with E-state index in [0.717, 1.165) is 0 Å². The van der Waals surface area contributed by atoms with Crippen LogP contribution < -0.4 is 0 Å². The number of alkyl halides is 14. The number of benzene rings is 1. The SMILES string of the molecule is Cc1c(C(F)(F)C(F)(F)C(F)(F)F)cccc1C(F)(F)C(F)(F)C(F)(F)F. The lowest BCUT2D eigenvalue weighted by molar-refractivity contribution is -0.361. The summed E-state index contributed by atoms with van der Waals surface area (Å²) in [5.41, 5.74) is -6.96. The second-order valence-corrected chi connectivity index (χ2v) is 5.27. The summed E-state index contributed by atoms with van der Waals surface area (Å²) < 4.78 is 180. The van der Waals surface area contributed by atoms with Gasteiger partial charge >= 0.3 is 36.0 Å². The molecular weight excluding hydrogens is 422 g/mol. The summed E-state index contributed by atoms with van der Waals surface area (Å²) in [6.07, 6.45) is -13.8. The van der Waals surface area contributed by atoms with Crippen molar-refractivity contribution < 1.29 is 61.5 Å². The highest BCUT2D eigenvalue weighted by Crippen LogP contribution is 2.56. The van der Waals surface area contributed by atoms with E-state index in [1.807, 2.05) is 0 Å². The van der Waals surface area contributed by atoms with Crippen LogP contribution in [0.5, 0.6) is 0 Å². The van der Waals surface area contributed by atoms with E-state index in [0.29, 0.717) is 0 Å². The second-order valence-electron chi connectivity index (χ2n) is 5.27. The molecule has 0 aliphatic heterocycles. The first-order valence-corrected chi connectivity index (χ1v) is 6.39. The largest absolute Gasteiger partial charge is 0.460 e. The van der Waals surface area contributed by atoms with E-state index in [1.54, 1.807) is 0 Å². The van der Waals surface area contributed by atoms with Gasteiger partial charge in [-0.2, -0.15) is 61.5 Å². The van der Waals surface area contributed by atoms with Crippen LogP contribution in [0.25, 0.3) is 0 Å². The Hall–Kier alpha value is -1.76. The van der Waals surface area contributed by atoms with Crippen LogP contribution in [0.1, 0.15) is 16.7 Å². The van der Waals surface area contributed by atoms with Crippen molar-refractivity contribution in [2.24, 2.45) is 0 Å². The van der Waals surface area contributed by atoms with E-state index in [-0.39, 0.29) is 25.1 Å². The lowest BCUT2D eigenvalue weighted by Crippen LogP contribution is -2.51. The summed E-state index contributed by atoms with van der Waals surface area (Å²) in [4.78, 5) is 0. The Morgan fingerprint density at radius 2 is 0.778 bits per heavy atom. The van der Waals surface area contributed by atoms with Gasteiger partial charge in [0.1, 0.15) is 0 Å². The Labute approximate surface area is 140 Å². The van der Waals surface area contributed by atoms with Crippen molar-refractivity contribution in [2.75, 3.05) is 0 Å². The Morgan fingerprint density at radius 1 is 0.519 bits per heavy atom. The van der Waals surface area contributed by atoms with Crippen molar-refractivity contribution in [1.29, 1.82) is 0 Å². The third-order valence-corrected chi connectivity index (χ3v) is 3.51. The molecule has 0 radical (unpaired) electrons. The standard InChI is InChI=1S/C13H6F14/c1-5-6(8(14,15)10(18,19)12(22,23)24)3-2-4-7(5)9(16,17)11(20,21)13(25,26)27/h2-4H,1H3. The van der Waals surface area contributed by atoms with Gasteiger partial charge in [0.2, 0.25) is 0 Å². The van der Waals surface area contributed by atoms with E-state index in [1.165, 1.54) is 0 Å². The molecule has 0 aromatic heterocycles. The van der Waals surface area contributed by atoms with Crippen LogP contribution in [-0.2, 0) is 11.8 Å². The highest BCUT2D eigenvalue weighted by Gasteiger charge is 2.76. The van der Waals surface area contributed by atoms with Gasteiger partial charge in [-0.25, -0.2) is 0 Å². The molecule has 0 saturated heterocycles. The first-order chi connectivity index (χ1) is 11.6. The van der Waals surface area contributed by atoms with Crippen LogP contribution >= 0.6 is 0 Å². The molecule has 0 aliphatic carbocycles. The lowest BCUT2D eigenvalue weighted by Gasteiger charge is -2.32. The second kappa shape index (κ2) is 6.12. The van der Waals surface area contributed by atoms with E-state index in [9.17, 15) is 61.5 Å². The van der Waals surface area contributed by atoms with E-state index < -0.39 is 52.7 Å². The highest BCUT2D eigenvalue weighted by atomic mass is 19.4. The maximum Gasteiger partial charge on any atom is 0.460 e. The number of hydrogen-bond donors (Lipinski definition) is 0. The maximum absolute atomic E-state index is 13.7. The molecule has 0 bridgehead atoms. The van der Waals surface area contributed by atoms with Crippen molar-refractivity contribution >= 4 is 0 Å². The van der Waals surface area contributed by atoms with Crippen LogP contribution in [0.2, 0.25) is 0 Å². The Balaban J connectivity index is 3.71. The Morgan fingerprint density at radius 3 is 1.00 bits per heavy atom. The minimum Gasteiger partial charge on any atom is -0.194 e. The molecule has 1 aromatic rings. The molecule has 0 heterocycles. The summed E-state index contributed by atoms with van der Waals surface area (Å²) >= 11 is 0. The first-order valence-electron chi connectivity index (χ1n) is 6.39. The molecular formula is C13H6F14. The highest BCUT2D eigenvalue weighted by molar-refractivity contribution is 5.41. The molecule has 1 aromatic carbocycles. The average Bonchev–Trinajstić information content (AvgIpc) is 2.44. The van der Waals surface area contributed by atoms with Gasteiger partial charge in [-0.3, -0.25) is 0 Å². The fourth-order valence-electron chi connectivity index (χ4n) is 2.01. The minimum atomic E-state index is -6.88. The molecule has 0 aliphatic rings. The average molecular weight is 428 g/mol. The predicted molar refractivity (Wildman–Crippen MR) is 61.0 cm³/mol. The smallest absolute Gasteiger partial charge is 0.194 e. The molecule has 0 N–H and O–H groups in total. The molecule has 156 valence electrons. The Bertz CT molecular complexity index is 638. The van der Waals surface area contributed by atoms with Crippen molar-refractivity contribution in [2.45, 2.75) is 43.0 Å². The van der Waals surface area contributed by atoms with Crippen molar-refractivity contribution in [3.63, 3.8) is 0 Å². The molecule has 27 heavy (non-hydrogen) atoms. The van der Waals surface area contributed by atoms with Gasteiger partial charge in [0.25, 0.3) is 0 Å². The molecule has 0 saturated carbocycles. The van der Waals surface area contributed by atoms with E-state index >= 15 is 0 Å². The minimum absolute atomic E-state index is 0.00854. The first kappa shape index (κ1) is 23.3. The van der Waals surface area contributed by atoms with Gasteiger partial charge in [-0.05, 0) is 12.5 Å². The van der Waals surface area contributed by atoms with Crippen LogP contribution in [0.3, 0.4) is 0 Å². The van der Waals surface area contributed by atoms with Gasteiger partial charge in [-0.1, -0.05) is 18.2 Å². The normalized spacial score (nSPS) is 15.2. The number of rotatable bonds is 4. The van der Waals surface area contributed by atoms with Crippen molar-refractivity contribution in [3.8, 4) is 0 Å². The van der Waals surface area contributed by atoms with Crippen LogP contribution in [-0.4, -0.2) is 24.2 Å². The third-order valence-electron chi connectivity index (χ3n) is 3.51. The maximum atomic E-state index is 13.7. The summed E-state index contributed by atoms with van der Waals surface area (Å²) in [5, 5.41) is 0. The van der Waals surface area contributed by atoms with Crippen molar-refractivity contribution in [1.82, 2.24) is 0 Å². The monoisotopic (exact) mass is 428 g/mol. The summed E-state index contributed by atoms with van der Waals surface area (Å²) in [6, 6.07) is -0.515. The predicted octanol–water partition coefficient (Wildman–Crippen LogP) is 6.57. The van der Waals surface area contributed by atoms with Gasteiger partial charge in [0.15, 0.2) is 0 Å². The summed E-state index contributed by atoms with van der Waals surface area (Å²) in [5.74, 6) is -26.1.